The van der Waals surface area contributed by atoms with Crippen LogP contribution in [0.15, 0.2) is 55.1 Å². The SMILES string of the molecule is Cc1cccc(N2CCN(C(=O)c3ccc(Cn4cncn4)cc3)CC2)c1C. The van der Waals surface area contributed by atoms with Crippen molar-refractivity contribution >= 4 is 11.6 Å². The number of rotatable bonds is 4. The maximum absolute atomic E-state index is 12.9. The maximum atomic E-state index is 12.9. The fourth-order valence-electron chi connectivity index (χ4n) is 3.67. The number of carbonyl (C=O) groups excluding carboxylic acids is 1. The van der Waals surface area contributed by atoms with Crippen LogP contribution in [0.4, 0.5) is 5.69 Å². The van der Waals surface area contributed by atoms with Crippen molar-refractivity contribution in [2.75, 3.05) is 31.1 Å². The minimum atomic E-state index is 0.105. The van der Waals surface area contributed by atoms with Crippen molar-refractivity contribution in [1.82, 2.24) is 19.7 Å². The van der Waals surface area contributed by atoms with E-state index in [-0.39, 0.29) is 5.91 Å². The van der Waals surface area contributed by atoms with E-state index < -0.39 is 0 Å². The first-order valence-electron chi connectivity index (χ1n) is 9.63. The zero-order chi connectivity index (χ0) is 19.5. The quantitative estimate of drug-likeness (QED) is 0.704. The Morgan fingerprint density at radius 1 is 1.00 bits per heavy atom. The molecule has 2 aromatic carbocycles. The predicted molar refractivity (Wildman–Crippen MR) is 110 cm³/mol. The van der Waals surface area contributed by atoms with Crippen molar-refractivity contribution in [1.29, 1.82) is 0 Å². The summed E-state index contributed by atoms with van der Waals surface area (Å²) in [4.78, 5) is 21.2. The van der Waals surface area contributed by atoms with Gasteiger partial charge in [-0.1, -0.05) is 24.3 Å². The molecule has 0 atom stereocenters. The molecule has 1 amide bonds. The number of hydrogen-bond acceptors (Lipinski definition) is 4. The Morgan fingerprint density at radius 3 is 2.43 bits per heavy atom. The molecule has 1 fully saturated rings. The van der Waals surface area contributed by atoms with Crippen molar-refractivity contribution in [2.24, 2.45) is 0 Å². The maximum Gasteiger partial charge on any atom is 0.253 e. The molecule has 1 aliphatic heterocycles. The molecule has 1 aromatic heterocycles. The second kappa shape index (κ2) is 7.84. The zero-order valence-electron chi connectivity index (χ0n) is 16.4. The van der Waals surface area contributed by atoms with Gasteiger partial charge in [0.2, 0.25) is 0 Å². The summed E-state index contributed by atoms with van der Waals surface area (Å²) in [6, 6.07) is 14.2. The standard InChI is InChI=1S/C22H25N5O/c1-17-4-3-5-21(18(17)2)25-10-12-26(13-11-25)22(28)20-8-6-19(7-9-20)14-27-16-23-15-24-27/h3-9,15-16H,10-14H2,1-2H3. The fraction of sp³-hybridized carbons (Fsp3) is 0.318. The third-order valence-electron chi connectivity index (χ3n) is 5.50. The molecule has 28 heavy (non-hydrogen) atoms. The first kappa shape index (κ1) is 18.2. The summed E-state index contributed by atoms with van der Waals surface area (Å²) in [5, 5.41) is 4.11. The fourth-order valence-corrected chi connectivity index (χ4v) is 3.67. The van der Waals surface area contributed by atoms with E-state index in [9.17, 15) is 4.79 Å². The Hall–Kier alpha value is -3.15. The molecule has 0 N–H and O–H groups in total. The monoisotopic (exact) mass is 375 g/mol. The van der Waals surface area contributed by atoms with Gasteiger partial charge in [0.05, 0.1) is 6.54 Å². The number of hydrogen-bond donors (Lipinski definition) is 0. The highest BCUT2D eigenvalue weighted by atomic mass is 16.2. The first-order valence-corrected chi connectivity index (χ1v) is 9.63. The van der Waals surface area contributed by atoms with Crippen LogP contribution in [0, 0.1) is 13.8 Å². The first-order chi connectivity index (χ1) is 13.6. The van der Waals surface area contributed by atoms with Gasteiger partial charge in [0.25, 0.3) is 5.91 Å². The lowest BCUT2D eigenvalue weighted by Gasteiger charge is -2.37. The van der Waals surface area contributed by atoms with Gasteiger partial charge in [0.15, 0.2) is 0 Å². The molecule has 0 saturated carbocycles. The molecule has 0 unspecified atom stereocenters. The Bertz CT molecular complexity index is 942. The molecule has 3 aromatic rings. The third-order valence-corrected chi connectivity index (χ3v) is 5.50. The summed E-state index contributed by atoms with van der Waals surface area (Å²) in [5.41, 5.74) is 5.75. The lowest BCUT2D eigenvalue weighted by molar-refractivity contribution is 0.0747. The minimum absolute atomic E-state index is 0.105. The summed E-state index contributed by atoms with van der Waals surface area (Å²) in [6.07, 6.45) is 3.21. The Balaban J connectivity index is 1.38. The lowest BCUT2D eigenvalue weighted by Crippen LogP contribution is -2.49. The lowest BCUT2D eigenvalue weighted by atomic mass is 10.1. The summed E-state index contributed by atoms with van der Waals surface area (Å²) in [6.45, 7) is 8.18. The minimum Gasteiger partial charge on any atom is -0.368 e. The number of carbonyl (C=O) groups is 1. The van der Waals surface area contributed by atoms with Crippen LogP contribution < -0.4 is 4.90 Å². The second-order valence-electron chi connectivity index (χ2n) is 7.29. The smallest absolute Gasteiger partial charge is 0.253 e. The van der Waals surface area contributed by atoms with Crippen LogP contribution in [0.1, 0.15) is 27.0 Å². The number of amides is 1. The van der Waals surface area contributed by atoms with E-state index >= 15 is 0 Å². The van der Waals surface area contributed by atoms with Gasteiger partial charge in [0.1, 0.15) is 12.7 Å². The molecule has 6 heteroatoms. The highest BCUT2D eigenvalue weighted by molar-refractivity contribution is 5.94. The van der Waals surface area contributed by atoms with E-state index in [1.807, 2.05) is 29.2 Å². The van der Waals surface area contributed by atoms with Gasteiger partial charge in [0, 0.05) is 37.4 Å². The molecule has 0 radical (unpaired) electrons. The van der Waals surface area contributed by atoms with Crippen LogP contribution in [-0.4, -0.2) is 51.8 Å². The molecular formula is C22H25N5O. The Morgan fingerprint density at radius 2 is 1.75 bits per heavy atom. The van der Waals surface area contributed by atoms with Crippen molar-refractivity contribution in [3.05, 3.63) is 77.4 Å². The topological polar surface area (TPSA) is 54.3 Å². The predicted octanol–water partition coefficient (Wildman–Crippen LogP) is 2.91. The number of anilines is 1. The molecule has 0 spiro atoms. The molecule has 0 aliphatic carbocycles. The number of benzene rings is 2. The van der Waals surface area contributed by atoms with Gasteiger partial charge in [-0.2, -0.15) is 5.10 Å². The van der Waals surface area contributed by atoms with Gasteiger partial charge in [-0.15, -0.1) is 0 Å². The molecule has 0 bridgehead atoms. The molecule has 1 saturated heterocycles. The Kier molecular flexibility index (Phi) is 5.10. The number of nitrogens with zero attached hydrogens (tertiary/aromatic N) is 5. The zero-order valence-corrected chi connectivity index (χ0v) is 16.4. The van der Waals surface area contributed by atoms with Crippen LogP contribution in [0.3, 0.4) is 0 Å². The average molecular weight is 375 g/mol. The molecular weight excluding hydrogens is 350 g/mol. The molecule has 2 heterocycles. The molecule has 1 aliphatic rings. The van der Waals surface area contributed by atoms with Crippen molar-refractivity contribution in [3.63, 3.8) is 0 Å². The van der Waals surface area contributed by atoms with Gasteiger partial charge in [-0.3, -0.25) is 4.79 Å². The van der Waals surface area contributed by atoms with Gasteiger partial charge in [-0.05, 0) is 48.7 Å². The highest BCUT2D eigenvalue weighted by Gasteiger charge is 2.23. The van der Waals surface area contributed by atoms with Gasteiger partial charge in [-0.25, -0.2) is 9.67 Å². The van der Waals surface area contributed by atoms with E-state index in [1.54, 1.807) is 11.0 Å². The summed E-state index contributed by atoms with van der Waals surface area (Å²) in [5.74, 6) is 0.105. The number of aryl methyl sites for hydroxylation is 1. The molecule has 144 valence electrons. The van der Waals surface area contributed by atoms with Crippen molar-refractivity contribution in [3.8, 4) is 0 Å². The van der Waals surface area contributed by atoms with E-state index in [4.69, 9.17) is 0 Å². The molecule has 6 nitrogen and oxygen atoms in total. The van der Waals surface area contributed by atoms with Crippen molar-refractivity contribution < 1.29 is 4.79 Å². The van der Waals surface area contributed by atoms with Gasteiger partial charge >= 0.3 is 0 Å². The van der Waals surface area contributed by atoms with E-state index in [0.29, 0.717) is 6.54 Å². The van der Waals surface area contributed by atoms with E-state index in [2.05, 4.69) is 47.0 Å². The Labute approximate surface area is 165 Å². The number of piperazine rings is 1. The van der Waals surface area contributed by atoms with E-state index in [1.165, 1.54) is 23.1 Å². The largest absolute Gasteiger partial charge is 0.368 e. The summed E-state index contributed by atoms with van der Waals surface area (Å²) >= 11 is 0. The van der Waals surface area contributed by atoms with Crippen LogP contribution in [0.25, 0.3) is 0 Å². The second-order valence-corrected chi connectivity index (χ2v) is 7.29. The average Bonchev–Trinajstić information content (AvgIpc) is 3.23. The summed E-state index contributed by atoms with van der Waals surface area (Å²) < 4.78 is 1.77. The third kappa shape index (κ3) is 3.76. The molecule has 4 rings (SSSR count). The van der Waals surface area contributed by atoms with Crippen LogP contribution in [0.2, 0.25) is 0 Å². The highest BCUT2D eigenvalue weighted by Crippen LogP contribution is 2.24. The van der Waals surface area contributed by atoms with Crippen molar-refractivity contribution in [2.45, 2.75) is 20.4 Å². The number of aromatic nitrogens is 3. The van der Waals surface area contributed by atoms with Gasteiger partial charge < -0.3 is 9.80 Å². The van der Waals surface area contributed by atoms with Crippen LogP contribution >= 0.6 is 0 Å². The normalized spacial score (nSPS) is 14.4. The van der Waals surface area contributed by atoms with E-state index in [0.717, 1.165) is 37.3 Å². The van der Waals surface area contributed by atoms with Crippen LogP contribution in [0.5, 0.6) is 0 Å². The summed E-state index contributed by atoms with van der Waals surface area (Å²) in [7, 11) is 0. The van der Waals surface area contributed by atoms with Crippen LogP contribution in [-0.2, 0) is 6.54 Å².